The highest BCUT2D eigenvalue weighted by Crippen LogP contribution is 2.37. The highest BCUT2D eigenvalue weighted by Gasteiger charge is 2.37. The van der Waals surface area contributed by atoms with E-state index in [1.165, 1.54) is 6.26 Å². The Hall–Kier alpha value is -2.48. The first-order valence-corrected chi connectivity index (χ1v) is 9.11. The quantitative estimate of drug-likeness (QED) is 0.827. The molecule has 1 unspecified atom stereocenters. The van der Waals surface area contributed by atoms with E-state index >= 15 is 0 Å². The van der Waals surface area contributed by atoms with Gasteiger partial charge in [0.1, 0.15) is 23.3 Å². The summed E-state index contributed by atoms with van der Waals surface area (Å²) in [5, 5.41) is 4.32. The molecule has 0 N–H and O–H groups in total. The van der Waals surface area contributed by atoms with Gasteiger partial charge >= 0.3 is 0 Å². The maximum Gasteiger partial charge on any atom is 0.247 e. The lowest BCUT2D eigenvalue weighted by Gasteiger charge is -2.18. The number of furan rings is 1. The van der Waals surface area contributed by atoms with Crippen LogP contribution in [0.15, 0.2) is 46.1 Å². The molecule has 0 bridgehead atoms. The molecule has 128 valence electrons. The first-order valence-electron chi connectivity index (χ1n) is 7.26. The summed E-state index contributed by atoms with van der Waals surface area (Å²) in [5.74, 6) is 1.78. The molecule has 1 aromatic heterocycles. The number of methoxy groups -OCH3 is 2. The molecular formula is C16H18N2O5S. The van der Waals surface area contributed by atoms with Gasteiger partial charge in [0.05, 0.1) is 32.5 Å². The van der Waals surface area contributed by atoms with Crippen molar-refractivity contribution in [2.24, 2.45) is 5.10 Å². The van der Waals surface area contributed by atoms with Crippen LogP contribution in [0.1, 0.15) is 23.8 Å². The van der Waals surface area contributed by atoms with Crippen molar-refractivity contribution in [2.75, 3.05) is 20.5 Å². The number of ether oxygens (including phenoxy) is 2. The summed E-state index contributed by atoms with van der Waals surface area (Å²) >= 11 is 0. The molecule has 0 amide bonds. The molecule has 1 aliphatic heterocycles. The molecule has 3 rings (SSSR count). The lowest BCUT2D eigenvalue weighted by molar-refractivity contribution is 0.322. The predicted molar refractivity (Wildman–Crippen MR) is 88.8 cm³/mol. The van der Waals surface area contributed by atoms with Gasteiger partial charge in [-0.2, -0.15) is 9.52 Å². The largest absolute Gasteiger partial charge is 0.497 e. The standard InChI is InChI=1S/C16H18N2O5S/c1-21-11-6-7-15(22-2)12(9-11)13-10-14(16-5-4-8-23-16)18(17-13)24(3,19)20/h4-9,14H,10H2,1-3H3. The summed E-state index contributed by atoms with van der Waals surface area (Å²) < 4.78 is 41.3. The third-order valence-corrected chi connectivity index (χ3v) is 4.82. The smallest absolute Gasteiger partial charge is 0.247 e. The van der Waals surface area contributed by atoms with Gasteiger partial charge in [0, 0.05) is 12.0 Å². The van der Waals surface area contributed by atoms with Crippen LogP contribution in [0.3, 0.4) is 0 Å². The average Bonchev–Trinajstić information content (AvgIpc) is 3.22. The molecule has 0 aliphatic carbocycles. The maximum atomic E-state index is 12.1. The Kier molecular flexibility index (Phi) is 4.23. The number of hydrazone groups is 1. The minimum Gasteiger partial charge on any atom is -0.497 e. The first-order chi connectivity index (χ1) is 11.4. The third-order valence-electron chi connectivity index (χ3n) is 3.80. The van der Waals surface area contributed by atoms with E-state index in [0.29, 0.717) is 35.0 Å². The second-order valence-corrected chi connectivity index (χ2v) is 7.22. The molecule has 24 heavy (non-hydrogen) atoms. The molecule has 0 fully saturated rings. The fourth-order valence-corrected chi connectivity index (χ4v) is 3.58. The van der Waals surface area contributed by atoms with Gasteiger partial charge < -0.3 is 13.9 Å². The first kappa shape index (κ1) is 16.4. The molecule has 8 heteroatoms. The summed E-state index contributed by atoms with van der Waals surface area (Å²) in [7, 11) is -0.419. The molecule has 1 atom stereocenters. The van der Waals surface area contributed by atoms with Crippen LogP contribution >= 0.6 is 0 Å². The second kappa shape index (κ2) is 6.20. The number of sulfonamides is 1. The highest BCUT2D eigenvalue weighted by atomic mass is 32.2. The van der Waals surface area contributed by atoms with Crippen molar-refractivity contribution in [1.82, 2.24) is 4.41 Å². The lowest BCUT2D eigenvalue weighted by Crippen LogP contribution is -2.25. The summed E-state index contributed by atoms with van der Waals surface area (Å²) in [6.45, 7) is 0. The van der Waals surface area contributed by atoms with Gasteiger partial charge in [0.25, 0.3) is 0 Å². The van der Waals surface area contributed by atoms with Gasteiger partial charge in [-0.25, -0.2) is 8.42 Å². The van der Waals surface area contributed by atoms with Crippen LogP contribution in [-0.2, 0) is 10.0 Å². The molecule has 1 aromatic carbocycles. The van der Waals surface area contributed by atoms with E-state index < -0.39 is 16.1 Å². The zero-order valence-electron chi connectivity index (χ0n) is 13.6. The topological polar surface area (TPSA) is 81.3 Å². The normalized spacial score (nSPS) is 17.7. The van der Waals surface area contributed by atoms with Crippen molar-refractivity contribution in [3.8, 4) is 11.5 Å². The molecule has 0 radical (unpaired) electrons. The summed E-state index contributed by atoms with van der Waals surface area (Å²) in [5.41, 5.74) is 1.29. The summed E-state index contributed by atoms with van der Waals surface area (Å²) in [4.78, 5) is 0. The highest BCUT2D eigenvalue weighted by molar-refractivity contribution is 7.88. The van der Waals surface area contributed by atoms with Gasteiger partial charge in [-0.1, -0.05) is 0 Å². The van der Waals surface area contributed by atoms with Crippen molar-refractivity contribution in [3.63, 3.8) is 0 Å². The van der Waals surface area contributed by atoms with E-state index in [1.807, 2.05) is 0 Å². The van der Waals surface area contributed by atoms with Crippen molar-refractivity contribution in [3.05, 3.63) is 47.9 Å². The molecule has 2 aromatic rings. The summed E-state index contributed by atoms with van der Waals surface area (Å²) in [6.07, 6.45) is 3.02. The van der Waals surface area contributed by atoms with Crippen LogP contribution in [0, 0.1) is 0 Å². The fourth-order valence-electron chi connectivity index (χ4n) is 2.69. The van der Waals surface area contributed by atoms with Crippen LogP contribution < -0.4 is 9.47 Å². The van der Waals surface area contributed by atoms with Gasteiger partial charge in [-0.3, -0.25) is 0 Å². The molecule has 0 saturated heterocycles. The Bertz CT molecular complexity index is 859. The summed E-state index contributed by atoms with van der Waals surface area (Å²) in [6, 6.07) is 8.27. The Balaban J connectivity index is 2.06. The van der Waals surface area contributed by atoms with Crippen LogP contribution in [0.2, 0.25) is 0 Å². The number of hydrogen-bond donors (Lipinski definition) is 0. The van der Waals surface area contributed by atoms with E-state index in [-0.39, 0.29) is 0 Å². The van der Waals surface area contributed by atoms with E-state index in [2.05, 4.69) is 5.10 Å². The minimum atomic E-state index is -3.54. The van der Waals surface area contributed by atoms with Crippen LogP contribution in [0.4, 0.5) is 0 Å². The van der Waals surface area contributed by atoms with Crippen LogP contribution in [0.5, 0.6) is 11.5 Å². The van der Waals surface area contributed by atoms with Crippen molar-refractivity contribution in [2.45, 2.75) is 12.5 Å². The fraction of sp³-hybridized carbons (Fsp3) is 0.312. The zero-order valence-corrected chi connectivity index (χ0v) is 14.4. The van der Waals surface area contributed by atoms with Crippen molar-refractivity contribution >= 4 is 15.7 Å². The molecule has 2 heterocycles. The predicted octanol–water partition coefficient (Wildman–Crippen LogP) is 2.41. The van der Waals surface area contributed by atoms with E-state index in [9.17, 15) is 8.42 Å². The monoisotopic (exact) mass is 350 g/mol. The number of benzene rings is 1. The van der Waals surface area contributed by atoms with Gasteiger partial charge in [-0.15, -0.1) is 0 Å². The molecule has 7 nitrogen and oxygen atoms in total. The van der Waals surface area contributed by atoms with Crippen LogP contribution in [0.25, 0.3) is 0 Å². The van der Waals surface area contributed by atoms with Crippen molar-refractivity contribution in [1.29, 1.82) is 0 Å². The van der Waals surface area contributed by atoms with E-state index in [4.69, 9.17) is 13.9 Å². The Morgan fingerprint density at radius 1 is 1.25 bits per heavy atom. The SMILES string of the molecule is COc1ccc(OC)c(C2=NN(S(C)(=O)=O)C(c3ccco3)C2)c1. The van der Waals surface area contributed by atoms with Gasteiger partial charge in [0.2, 0.25) is 10.0 Å². The maximum absolute atomic E-state index is 12.1. The molecule has 1 aliphatic rings. The number of rotatable bonds is 5. The Morgan fingerprint density at radius 2 is 2.04 bits per heavy atom. The molecular weight excluding hydrogens is 332 g/mol. The molecule has 0 saturated carbocycles. The van der Waals surface area contributed by atoms with Crippen LogP contribution in [-0.4, -0.2) is 39.0 Å². The minimum absolute atomic E-state index is 0.379. The third kappa shape index (κ3) is 2.96. The Morgan fingerprint density at radius 3 is 2.62 bits per heavy atom. The van der Waals surface area contributed by atoms with E-state index in [0.717, 1.165) is 10.7 Å². The molecule has 0 spiro atoms. The second-order valence-electron chi connectivity index (χ2n) is 5.38. The number of nitrogens with zero attached hydrogens (tertiary/aromatic N) is 2. The van der Waals surface area contributed by atoms with E-state index in [1.54, 1.807) is 44.6 Å². The van der Waals surface area contributed by atoms with Crippen molar-refractivity contribution < 1.29 is 22.3 Å². The lowest BCUT2D eigenvalue weighted by atomic mass is 10.0. The van der Waals surface area contributed by atoms with Gasteiger partial charge in [-0.05, 0) is 30.3 Å². The number of hydrogen-bond acceptors (Lipinski definition) is 6. The average molecular weight is 350 g/mol. The zero-order chi connectivity index (χ0) is 17.3. The van der Waals surface area contributed by atoms with Gasteiger partial charge in [0.15, 0.2) is 0 Å². The Labute approximate surface area is 140 Å².